The van der Waals surface area contributed by atoms with Crippen molar-refractivity contribution in [2.75, 3.05) is 13.7 Å². The molecule has 0 saturated carbocycles. The van der Waals surface area contributed by atoms with Gasteiger partial charge in [0.1, 0.15) is 11.3 Å². The number of hydrogen-bond acceptors (Lipinski definition) is 4. The number of benzene rings is 2. The minimum atomic E-state index is -1.03. The lowest BCUT2D eigenvalue weighted by Gasteiger charge is -2.21. The average molecular weight is 423 g/mol. The highest BCUT2D eigenvalue weighted by atomic mass is 16.5. The van der Waals surface area contributed by atoms with Crippen LogP contribution in [0.5, 0.6) is 5.75 Å². The normalized spacial score (nSPS) is 19.3. The highest BCUT2D eigenvalue weighted by molar-refractivity contribution is 6.11. The number of imide groups is 1. The fraction of sp³-hybridized carbons (Fsp3) is 0.400. The molecule has 1 aliphatic rings. The van der Waals surface area contributed by atoms with Crippen LogP contribution in [0.15, 0.2) is 48.5 Å². The largest absolute Gasteiger partial charge is 0.497 e. The van der Waals surface area contributed by atoms with E-state index in [0.29, 0.717) is 24.3 Å². The van der Waals surface area contributed by atoms with Crippen LogP contribution in [0.3, 0.4) is 0 Å². The molecule has 31 heavy (non-hydrogen) atoms. The first-order valence-electron chi connectivity index (χ1n) is 10.7. The van der Waals surface area contributed by atoms with Crippen LogP contribution in [0.25, 0.3) is 0 Å². The Balaban J connectivity index is 1.64. The maximum absolute atomic E-state index is 13.0. The molecule has 1 heterocycles. The molecular weight excluding hydrogens is 392 g/mol. The number of ether oxygens (including phenoxy) is 1. The number of urea groups is 1. The van der Waals surface area contributed by atoms with Crippen LogP contribution < -0.4 is 10.1 Å². The number of amides is 3. The van der Waals surface area contributed by atoms with Gasteiger partial charge in [-0.3, -0.25) is 14.5 Å². The van der Waals surface area contributed by atoms with E-state index < -0.39 is 11.6 Å². The number of hydrogen-bond donors (Lipinski definition) is 1. The standard InChI is InChI=1S/C25H30N2O4/c1-5-17(2)19-8-10-20(11-9-19)22(28)16-27-23(29)25(3,26-24(27)30)15-14-18-6-12-21(31-4)13-7-18/h6-13,17H,5,14-16H2,1-4H3,(H,26,30)/t17-,25+/m1/s1. The Morgan fingerprint density at radius 2 is 1.74 bits per heavy atom. The number of nitrogens with one attached hydrogen (secondary N) is 1. The highest BCUT2D eigenvalue weighted by Gasteiger charge is 2.47. The SMILES string of the molecule is CC[C@@H](C)c1ccc(C(=O)CN2C(=O)N[C@@](C)(CCc3ccc(OC)cc3)C2=O)cc1. The third-order valence-electron chi connectivity index (χ3n) is 6.13. The summed E-state index contributed by atoms with van der Waals surface area (Å²) in [4.78, 5) is 39.2. The Kier molecular flexibility index (Phi) is 6.78. The number of ketones is 1. The van der Waals surface area contributed by atoms with Crippen LogP contribution in [-0.4, -0.2) is 41.8 Å². The molecule has 2 aromatic rings. The summed E-state index contributed by atoms with van der Waals surface area (Å²) in [5, 5.41) is 2.77. The molecule has 1 N–H and O–H groups in total. The first-order chi connectivity index (χ1) is 14.8. The smallest absolute Gasteiger partial charge is 0.325 e. The van der Waals surface area contributed by atoms with Gasteiger partial charge in [0.25, 0.3) is 5.91 Å². The first kappa shape index (κ1) is 22.5. The molecule has 1 aliphatic heterocycles. The molecule has 0 bridgehead atoms. The molecule has 6 heteroatoms. The molecular formula is C25H30N2O4. The molecule has 1 saturated heterocycles. The topological polar surface area (TPSA) is 75.7 Å². The second-order valence-corrected chi connectivity index (χ2v) is 8.36. The third kappa shape index (κ3) is 4.95. The Labute approximate surface area is 183 Å². The van der Waals surface area contributed by atoms with Crippen LogP contribution in [0.2, 0.25) is 0 Å². The molecule has 2 atom stereocenters. The summed E-state index contributed by atoms with van der Waals surface area (Å²) in [6.07, 6.45) is 2.08. The lowest BCUT2D eigenvalue weighted by Crippen LogP contribution is -2.44. The van der Waals surface area contributed by atoms with Crippen molar-refractivity contribution in [3.63, 3.8) is 0 Å². The molecule has 0 unspecified atom stereocenters. The van der Waals surface area contributed by atoms with Crippen molar-refractivity contribution in [3.05, 3.63) is 65.2 Å². The maximum Gasteiger partial charge on any atom is 0.325 e. The Bertz CT molecular complexity index is 952. The van der Waals surface area contributed by atoms with E-state index in [1.54, 1.807) is 26.2 Å². The van der Waals surface area contributed by atoms with Crippen LogP contribution in [0, 0.1) is 0 Å². The second-order valence-electron chi connectivity index (χ2n) is 8.36. The summed E-state index contributed by atoms with van der Waals surface area (Å²) in [6.45, 7) is 5.71. The highest BCUT2D eigenvalue weighted by Crippen LogP contribution is 2.25. The number of methoxy groups -OCH3 is 1. The minimum Gasteiger partial charge on any atom is -0.497 e. The molecule has 3 amide bonds. The van der Waals surface area contributed by atoms with E-state index in [-0.39, 0.29) is 18.2 Å². The fourth-order valence-electron chi connectivity index (χ4n) is 3.71. The number of carbonyl (C=O) groups excluding carboxylic acids is 3. The van der Waals surface area contributed by atoms with E-state index in [2.05, 4.69) is 19.2 Å². The zero-order chi connectivity index (χ0) is 22.6. The van der Waals surface area contributed by atoms with Gasteiger partial charge in [-0.1, -0.05) is 50.2 Å². The van der Waals surface area contributed by atoms with Gasteiger partial charge >= 0.3 is 6.03 Å². The zero-order valence-corrected chi connectivity index (χ0v) is 18.6. The Morgan fingerprint density at radius 1 is 1.10 bits per heavy atom. The fourth-order valence-corrected chi connectivity index (χ4v) is 3.71. The summed E-state index contributed by atoms with van der Waals surface area (Å²) in [7, 11) is 1.61. The van der Waals surface area contributed by atoms with Gasteiger partial charge in [-0.05, 0) is 55.4 Å². The molecule has 2 aromatic carbocycles. The predicted molar refractivity (Wildman–Crippen MR) is 119 cm³/mol. The number of nitrogens with zero attached hydrogens (tertiary/aromatic N) is 1. The van der Waals surface area contributed by atoms with Crippen LogP contribution in [-0.2, 0) is 11.2 Å². The third-order valence-corrected chi connectivity index (χ3v) is 6.13. The van der Waals surface area contributed by atoms with Gasteiger partial charge < -0.3 is 10.1 Å². The van der Waals surface area contributed by atoms with E-state index in [1.165, 1.54) is 5.56 Å². The Hall–Kier alpha value is -3.15. The predicted octanol–water partition coefficient (Wildman–Crippen LogP) is 4.33. The van der Waals surface area contributed by atoms with Crippen LogP contribution in [0.4, 0.5) is 4.79 Å². The van der Waals surface area contributed by atoms with Crippen molar-refractivity contribution in [1.82, 2.24) is 10.2 Å². The second kappa shape index (κ2) is 9.33. The number of Topliss-reactive ketones (excluding diaryl/α,β-unsaturated/α-hetero) is 1. The number of rotatable bonds is 9. The summed E-state index contributed by atoms with van der Waals surface area (Å²) >= 11 is 0. The molecule has 0 radical (unpaired) electrons. The van der Waals surface area contributed by atoms with Crippen molar-refractivity contribution < 1.29 is 19.1 Å². The summed E-state index contributed by atoms with van der Waals surface area (Å²) in [5.74, 6) is 0.567. The minimum absolute atomic E-state index is 0.251. The number of aryl methyl sites for hydroxylation is 1. The molecule has 164 valence electrons. The molecule has 3 rings (SSSR count). The number of carbonyl (C=O) groups is 3. The van der Waals surface area contributed by atoms with Gasteiger partial charge in [-0.2, -0.15) is 0 Å². The maximum atomic E-state index is 13.0. The van der Waals surface area contributed by atoms with Gasteiger partial charge in [0.05, 0.1) is 13.7 Å². The monoisotopic (exact) mass is 422 g/mol. The molecule has 0 aromatic heterocycles. The zero-order valence-electron chi connectivity index (χ0n) is 18.6. The lowest BCUT2D eigenvalue weighted by atomic mass is 9.93. The van der Waals surface area contributed by atoms with E-state index in [1.807, 2.05) is 36.4 Å². The average Bonchev–Trinajstić information content (AvgIpc) is 3.00. The van der Waals surface area contributed by atoms with E-state index in [9.17, 15) is 14.4 Å². The van der Waals surface area contributed by atoms with Gasteiger partial charge in [-0.15, -0.1) is 0 Å². The molecule has 0 aliphatic carbocycles. The van der Waals surface area contributed by atoms with Crippen molar-refractivity contribution in [3.8, 4) is 5.75 Å². The quantitative estimate of drug-likeness (QED) is 0.482. The van der Waals surface area contributed by atoms with E-state index in [0.717, 1.165) is 22.6 Å². The lowest BCUT2D eigenvalue weighted by molar-refractivity contribution is -0.130. The first-order valence-corrected chi connectivity index (χ1v) is 10.7. The van der Waals surface area contributed by atoms with Crippen molar-refractivity contribution in [2.24, 2.45) is 0 Å². The van der Waals surface area contributed by atoms with Gasteiger partial charge in [0.2, 0.25) is 0 Å². The van der Waals surface area contributed by atoms with Gasteiger partial charge in [-0.25, -0.2) is 4.79 Å². The van der Waals surface area contributed by atoms with Crippen molar-refractivity contribution in [2.45, 2.75) is 51.5 Å². The summed E-state index contributed by atoms with van der Waals surface area (Å²) in [5.41, 5.74) is 1.68. The summed E-state index contributed by atoms with van der Waals surface area (Å²) < 4.78 is 5.16. The van der Waals surface area contributed by atoms with Crippen LogP contribution in [0.1, 0.15) is 61.0 Å². The Morgan fingerprint density at radius 3 is 2.32 bits per heavy atom. The molecule has 0 spiro atoms. The van der Waals surface area contributed by atoms with Crippen molar-refractivity contribution in [1.29, 1.82) is 0 Å². The van der Waals surface area contributed by atoms with Gasteiger partial charge in [0, 0.05) is 5.56 Å². The molecule has 6 nitrogen and oxygen atoms in total. The van der Waals surface area contributed by atoms with Crippen molar-refractivity contribution >= 4 is 17.7 Å². The summed E-state index contributed by atoms with van der Waals surface area (Å²) in [6, 6.07) is 14.5. The molecule has 1 fully saturated rings. The van der Waals surface area contributed by atoms with Gasteiger partial charge in [0.15, 0.2) is 5.78 Å². The van der Waals surface area contributed by atoms with E-state index in [4.69, 9.17) is 4.74 Å². The van der Waals surface area contributed by atoms with E-state index >= 15 is 0 Å². The van der Waals surface area contributed by atoms with Crippen LogP contribution >= 0.6 is 0 Å².